The summed E-state index contributed by atoms with van der Waals surface area (Å²) in [4.78, 5) is 44.4. The molecule has 5 heterocycles. The van der Waals surface area contributed by atoms with Crippen molar-refractivity contribution in [3.63, 3.8) is 0 Å². The molecule has 0 radical (unpaired) electrons. The summed E-state index contributed by atoms with van der Waals surface area (Å²) in [5.41, 5.74) is -0.148. The molecule has 0 saturated heterocycles. The number of alkyl halides is 5. The van der Waals surface area contributed by atoms with Gasteiger partial charge in [0.1, 0.15) is 11.3 Å². The fraction of sp³-hybridized carbons (Fsp3) is 0.259. The Balaban J connectivity index is 1.35. The van der Waals surface area contributed by atoms with Crippen LogP contribution in [0.25, 0.3) is 11.1 Å². The number of pyridine rings is 3. The number of nitrogens with zero attached hydrogens (tertiary/aromatic N) is 5. The molecule has 1 N–H and O–H groups in total. The molecule has 4 aromatic rings. The number of aryl methyl sites for hydroxylation is 1. The van der Waals surface area contributed by atoms with Gasteiger partial charge in [0.05, 0.1) is 43.4 Å². The number of carbonyl (C=O) groups is 2. The van der Waals surface area contributed by atoms with Gasteiger partial charge in [0.25, 0.3) is 18.2 Å². The Kier molecular flexibility index (Phi) is 7.96. The van der Waals surface area contributed by atoms with Crippen LogP contribution in [-0.4, -0.2) is 50.9 Å². The number of rotatable bonds is 7. The first-order valence-electron chi connectivity index (χ1n) is 12.4. The molecule has 0 fully saturated rings. The highest BCUT2D eigenvalue weighted by molar-refractivity contribution is 7.16. The van der Waals surface area contributed by atoms with Crippen molar-refractivity contribution >= 4 is 28.3 Å². The number of carbonyl (C=O) groups excluding carboxylic acids is 2. The molecule has 2 amide bonds. The summed E-state index contributed by atoms with van der Waals surface area (Å²) < 4.78 is 76.1. The number of thiazole rings is 1. The Bertz CT molecular complexity index is 1710. The quantitative estimate of drug-likeness (QED) is 0.262. The first-order chi connectivity index (χ1) is 20.4. The van der Waals surface area contributed by atoms with Crippen molar-refractivity contribution in [2.24, 2.45) is 0 Å². The average molecular weight is 621 g/mol. The molecule has 0 bridgehead atoms. The van der Waals surface area contributed by atoms with Crippen LogP contribution in [0.1, 0.15) is 54.7 Å². The smallest absolute Gasteiger partial charge is 0.433 e. The summed E-state index contributed by atoms with van der Waals surface area (Å²) in [5, 5.41) is 2.90. The van der Waals surface area contributed by atoms with Crippen molar-refractivity contribution in [3.05, 3.63) is 75.3 Å². The van der Waals surface area contributed by atoms with E-state index in [0.29, 0.717) is 22.3 Å². The van der Waals surface area contributed by atoms with E-state index >= 15 is 0 Å². The van der Waals surface area contributed by atoms with Gasteiger partial charge in [-0.2, -0.15) is 13.2 Å². The zero-order valence-electron chi connectivity index (χ0n) is 22.6. The number of ether oxygens (including phenoxy) is 2. The zero-order chi connectivity index (χ0) is 31.1. The van der Waals surface area contributed by atoms with E-state index in [1.54, 1.807) is 13.0 Å². The lowest BCUT2D eigenvalue weighted by molar-refractivity contribution is -0.141. The van der Waals surface area contributed by atoms with Gasteiger partial charge in [-0.25, -0.2) is 23.7 Å². The van der Waals surface area contributed by atoms with Gasteiger partial charge < -0.3 is 14.4 Å². The molecule has 0 aromatic carbocycles. The number of hydrogen-bond donors (Lipinski definition) is 1. The largest absolute Gasteiger partial charge is 0.481 e. The summed E-state index contributed by atoms with van der Waals surface area (Å²) in [6.45, 7) is 1.80. The van der Waals surface area contributed by atoms with Crippen molar-refractivity contribution in [2.45, 2.75) is 32.6 Å². The van der Waals surface area contributed by atoms with Crippen molar-refractivity contribution in [1.82, 2.24) is 24.8 Å². The summed E-state index contributed by atoms with van der Waals surface area (Å²) in [6.07, 6.45) is -5.19. The van der Waals surface area contributed by atoms with Gasteiger partial charge in [0.2, 0.25) is 11.8 Å². The van der Waals surface area contributed by atoms with Crippen LogP contribution in [0, 0.1) is 6.92 Å². The Morgan fingerprint density at radius 2 is 1.72 bits per heavy atom. The van der Waals surface area contributed by atoms with E-state index in [1.807, 2.05) is 0 Å². The van der Waals surface area contributed by atoms with E-state index in [-0.39, 0.29) is 51.9 Å². The van der Waals surface area contributed by atoms with E-state index in [2.05, 4.69) is 25.3 Å². The number of amides is 2. The van der Waals surface area contributed by atoms with Gasteiger partial charge in [-0.1, -0.05) is 11.3 Å². The standard InChI is InChI=1S/C27H21F5N6O4S/c1-12-6-15(16-7-13(21(28)29)8-34-23(16)41-2)17(9-33-12)22(39)37-26-35-18-10-38(11-19(18)43-26)25(40)14-4-5-20(27(30,31)32)36-24(14)42-3/h4-9,21H,10-11H2,1-3H3,(H,35,37,39). The van der Waals surface area contributed by atoms with Gasteiger partial charge in [-0.15, -0.1) is 0 Å². The molecule has 0 atom stereocenters. The minimum absolute atomic E-state index is 0.0331. The molecule has 16 heteroatoms. The number of methoxy groups -OCH3 is 2. The first-order valence-corrected chi connectivity index (χ1v) is 13.2. The second-order valence-electron chi connectivity index (χ2n) is 9.25. The van der Waals surface area contributed by atoms with Crippen LogP contribution in [0.2, 0.25) is 0 Å². The van der Waals surface area contributed by atoms with Gasteiger partial charge in [0, 0.05) is 34.8 Å². The number of aromatic nitrogens is 4. The van der Waals surface area contributed by atoms with Crippen LogP contribution in [0.3, 0.4) is 0 Å². The number of halogens is 5. The Labute approximate surface area is 244 Å². The van der Waals surface area contributed by atoms with Crippen LogP contribution in [0.15, 0.2) is 36.7 Å². The molecular formula is C27H21F5N6O4S. The molecule has 10 nitrogen and oxygen atoms in total. The fourth-order valence-electron chi connectivity index (χ4n) is 4.40. The molecule has 5 rings (SSSR count). The lowest BCUT2D eigenvalue weighted by Gasteiger charge is -2.17. The highest BCUT2D eigenvalue weighted by Gasteiger charge is 2.35. The second-order valence-corrected chi connectivity index (χ2v) is 10.3. The first kappa shape index (κ1) is 29.8. The molecular weight excluding hydrogens is 599 g/mol. The average Bonchev–Trinajstić information content (AvgIpc) is 3.54. The summed E-state index contributed by atoms with van der Waals surface area (Å²) in [7, 11) is 2.45. The highest BCUT2D eigenvalue weighted by atomic mass is 32.1. The fourth-order valence-corrected chi connectivity index (χ4v) is 5.38. The van der Waals surface area contributed by atoms with Crippen LogP contribution >= 0.6 is 11.3 Å². The Morgan fingerprint density at radius 3 is 2.37 bits per heavy atom. The van der Waals surface area contributed by atoms with Crippen molar-refractivity contribution < 1.29 is 41.0 Å². The third kappa shape index (κ3) is 5.95. The third-order valence-corrected chi connectivity index (χ3v) is 7.43. The minimum Gasteiger partial charge on any atom is -0.481 e. The predicted octanol–water partition coefficient (Wildman–Crippen LogP) is 5.69. The van der Waals surface area contributed by atoms with E-state index < -0.39 is 36.0 Å². The summed E-state index contributed by atoms with van der Waals surface area (Å²) >= 11 is 1.11. The van der Waals surface area contributed by atoms with Gasteiger partial charge in [0.15, 0.2) is 5.13 Å². The molecule has 0 unspecified atom stereocenters. The molecule has 1 aliphatic heterocycles. The molecule has 0 aliphatic carbocycles. The number of anilines is 1. The van der Waals surface area contributed by atoms with Crippen LogP contribution in [0.4, 0.5) is 27.1 Å². The lowest BCUT2D eigenvalue weighted by atomic mass is 10.00. The van der Waals surface area contributed by atoms with E-state index in [0.717, 1.165) is 30.7 Å². The monoisotopic (exact) mass is 620 g/mol. The maximum Gasteiger partial charge on any atom is 0.433 e. The minimum atomic E-state index is -4.70. The third-order valence-electron chi connectivity index (χ3n) is 6.43. The predicted molar refractivity (Wildman–Crippen MR) is 143 cm³/mol. The van der Waals surface area contributed by atoms with E-state index in [4.69, 9.17) is 9.47 Å². The van der Waals surface area contributed by atoms with Gasteiger partial charge in [-0.3, -0.25) is 19.9 Å². The topological polar surface area (TPSA) is 119 Å². The molecule has 4 aromatic heterocycles. The van der Waals surface area contributed by atoms with Crippen LogP contribution < -0.4 is 14.8 Å². The van der Waals surface area contributed by atoms with Crippen molar-refractivity contribution in [2.75, 3.05) is 19.5 Å². The highest BCUT2D eigenvalue weighted by Crippen LogP contribution is 2.37. The van der Waals surface area contributed by atoms with Crippen molar-refractivity contribution in [3.8, 4) is 22.9 Å². The van der Waals surface area contributed by atoms with Gasteiger partial charge in [-0.05, 0) is 31.2 Å². The van der Waals surface area contributed by atoms with Crippen molar-refractivity contribution in [1.29, 1.82) is 0 Å². The normalized spacial score (nSPS) is 12.8. The van der Waals surface area contributed by atoms with E-state index in [9.17, 15) is 31.5 Å². The van der Waals surface area contributed by atoms with E-state index in [1.165, 1.54) is 24.3 Å². The number of fused-ring (bicyclic) bond motifs is 1. The van der Waals surface area contributed by atoms with Crippen LogP contribution in [-0.2, 0) is 19.3 Å². The maximum absolute atomic E-state index is 13.4. The molecule has 0 saturated carbocycles. The Hall–Kier alpha value is -4.73. The zero-order valence-corrected chi connectivity index (χ0v) is 23.4. The SMILES string of the molecule is COc1nc(C(F)(F)F)ccc1C(=O)N1Cc2nc(NC(=O)c3cnc(C)cc3-c3cc(C(F)F)cnc3OC)sc2C1. The second kappa shape index (κ2) is 11.5. The maximum atomic E-state index is 13.4. The van der Waals surface area contributed by atoms with Crippen LogP contribution in [0.5, 0.6) is 11.8 Å². The number of hydrogen-bond acceptors (Lipinski definition) is 9. The lowest BCUT2D eigenvalue weighted by Crippen LogP contribution is -2.26. The number of nitrogens with one attached hydrogen (secondary N) is 1. The molecule has 224 valence electrons. The van der Waals surface area contributed by atoms with Gasteiger partial charge >= 0.3 is 6.18 Å². The molecule has 1 aliphatic rings. The summed E-state index contributed by atoms with van der Waals surface area (Å²) in [6, 6.07) is 4.47. The molecule has 43 heavy (non-hydrogen) atoms. The summed E-state index contributed by atoms with van der Waals surface area (Å²) in [5.74, 6) is -1.63. The molecule has 0 spiro atoms. The Morgan fingerprint density at radius 1 is 0.977 bits per heavy atom.